The van der Waals surface area contributed by atoms with E-state index in [1.165, 1.54) is 0 Å². The first-order chi connectivity index (χ1) is 11.3. The van der Waals surface area contributed by atoms with Crippen molar-refractivity contribution in [1.82, 2.24) is 15.6 Å². The van der Waals surface area contributed by atoms with E-state index in [-0.39, 0.29) is 24.2 Å². The van der Waals surface area contributed by atoms with Crippen molar-refractivity contribution in [2.75, 3.05) is 13.1 Å². The highest BCUT2D eigenvalue weighted by Crippen LogP contribution is 2.32. The fourth-order valence-corrected chi connectivity index (χ4v) is 3.95. The number of piperidine rings is 1. The van der Waals surface area contributed by atoms with Crippen molar-refractivity contribution in [2.45, 2.75) is 51.7 Å². The molecule has 1 aromatic rings. The lowest BCUT2D eigenvalue weighted by atomic mass is 9.85. The molecule has 2 heterocycles. The van der Waals surface area contributed by atoms with Gasteiger partial charge in [0.25, 0.3) is 0 Å². The van der Waals surface area contributed by atoms with Crippen molar-refractivity contribution in [2.24, 2.45) is 11.8 Å². The van der Waals surface area contributed by atoms with Crippen LogP contribution in [0, 0.1) is 11.8 Å². The second-order valence-corrected chi connectivity index (χ2v) is 7.27. The van der Waals surface area contributed by atoms with Crippen molar-refractivity contribution in [3.05, 3.63) is 16.1 Å². The van der Waals surface area contributed by atoms with Gasteiger partial charge in [0.2, 0.25) is 5.91 Å². The molecule has 0 radical (unpaired) electrons. The Balaban J connectivity index is 0.00000312. The molecule has 1 amide bonds. The number of alkyl halides is 3. The van der Waals surface area contributed by atoms with Crippen LogP contribution in [-0.4, -0.2) is 24.0 Å². The van der Waals surface area contributed by atoms with Crippen LogP contribution >= 0.6 is 23.7 Å². The van der Waals surface area contributed by atoms with E-state index in [0.717, 1.165) is 42.6 Å². The highest BCUT2D eigenvalue weighted by Gasteiger charge is 2.34. The second-order valence-electron chi connectivity index (χ2n) is 6.38. The summed E-state index contributed by atoms with van der Waals surface area (Å²) in [4.78, 5) is 15.9. The summed E-state index contributed by atoms with van der Waals surface area (Å²) in [5.41, 5.74) is -0.892. The van der Waals surface area contributed by atoms with E-state index in [0.29, 0.717) is 23.8 Å². The smallest absolute Gasteiger partial charge is 0.347 e. The minimum absolute atomic E-state index is 0. The molecule has 0 saturated carbocycles. The molecule has 3 atom stereocenters. The van der Waals surface area contributed by atoms with Crippen molar-refractivity contribution in [3.63, 3.8) is 0 Å². The lowest BCUT2D eigenvalue weighted by Crippen LogP contribution is -2.36. The number of rotatable bonds is 6. The number of amides is 1. The van der Waals surface area contributed by atoms with Crippen LogP contribution in [0.5, 0.6) is 0 Å². The van der Waals surface area contributed by atoms with Gasteiger partial charge in [-0.25, -0.2) is 4.98 Å². The largest absolute Gasteiger partial charge is 0.434 e. The van der Waals surface area contributed by atoms with Gasteiger partial charge in [0.15, 0.2) is 5.69 Å². The molecule has 0 bridgehead atoms. The van der Waals surface area contributed by atoms with E-state index < -0.39 is 17.9 Å². The Morgan fingerprint density at radius 3 is 2.76 bits per heavy atom. The zero-order chi connectivity index (χ0) is 17.7. The van der Waals surface area contributed by atoms with Crippen LogP contribution in [0.25, 0.3) is 0 Å². The number of hydrogen-bond donors (Lipinski definition) is 2. The summed E-state index contributed by atoms with van der Waals surface area (Å²) in [5, 5.41) is 7.49. The van der Waals surface area contributed by atoms with E-state index in [1.54, 1.807) is 0 Å². The molecule has 0 aliphatic carbocycles. The van der Waals surface area contributed by atoms with E-state index in [1.807, 2.05) is 6.92 Å². The number of nitrogens with one attached hydrogen (secondary N) is 2. The van der Waals surface area contributed by atoms with Crippen molar-refractivity contribution < 1.29 is 18.0 Å². The molecule has 144 valence electrons. The zero-order valence-electron chi connectivity index (χ0n) is 14.4. The first-order valence-corrected chi connectivity index (χ1v) is 9.22. The van der Waals surface area contributed by atoms with Gasteiger partial charge < -0.3 is 10.6 Å². The Morgan fingerprint density at radius 2 is 2.24 bits per heavy atom. The number of thiazole rings is 1. The number of aromatic nitrogens is 1. The predicted molar refractivity (Wildman–Crippen MR) is 94.9 cm³/mol. The maximum atomic E-state index is 12.7. The van der Waals surface area contributed by atoms with Crippen molar-refractivity contribution in [1.29, 1.82) is 0 Å². The zero-order valence-corrected chi connectivity index (χ0v) is 16.0. The van der Waals surface area contributed by atoms with Gasteiger partial charge in [-0.15, -0.1) is 23.7 Å². The van der Waals surface area contributed by atoms with E-state index >= 15 is 0 Å². The van der Waals surface area contributed by atoms with Crippen LogP contribution in [0.3, 0.4) is 0 Å². The molecule has 0 aromatic carbocycles. The van der Waals surface area contributed by atoms with Gasteiger partial charge in [-0.2, -0.15) is 13.2 Å². The molecule has 1 aromatic heterocycles. The fourth-order valence-electron chi connectivity index (χ4n) is 2.99. The third kappa shape index (κ3) is 6.42. The number of halogens is 4. The monoisotopic (exact) mass is 399 g/mol. The van der Waals surface area contributed by atoms with Gasteiger partial charge in [-0.05, 0) is 44.2 Å². The van der Waals surface area contributed by atoms with E-state index in [4.69, 9.17) is 0 Å². The highest BCUT2D eigenvalue weighted by atomic mass is 35.5. The van der Waals surface area contributed by atoms with Crippen LogP contribution in [-0.2, 0) is 11.0 Å². The van der Waals surface area contributed by atoms with Gasteiger partial charge in [-0.1, -0.05) is 13.8 Å². The van der Waals surface area contributed by atoms with Gasteiger partial charge >= 0.3 is 6.18 Å². The fraction of sp³-hybridized carbons (Fsp3) is 0.750. The number of hydrogen-bond acceptors (Lipinski definition) is 4. The standard InChI is InChI=1S/C16H24F3N3OS.ClH/c1-3-12(15-22-13(9-24-15)16(17,18)19)21-14(23)7-10(2)11-5-4-6-20-8-11;/h9-12,20H,3-8H2,1-2H3,(H,21,23);1H. The molecule has 1 aliphatic rings. The van der Waals surface area contributed by atoms with Gasteiger partial charge in [0, 0.05) is 11.8 Å². The molecule has 2 rings (SSSR count). The molecule has 1 saturated heterocycles. The third-order valence-electron chi connectivity index (χ3n) is 4.50. The van der Waals surface area contributed by atoms with Crippen LogP contribution < -0.4 is 10.6 Å². The Hall–Kier alpha value is -0.860. The van der Waals surface area contributed by atoms with Gasteiger partial charge in [0.1, 0.15) is 5.01 Å². The van der Waals surface area contributed by atoms with E-state index in [9.17, 15) is 18.0 Å². The summed E-state index contributed by atoms with van der Waals surface area (Å²) in [5.74, 6) is 0.599. The normalized spacial score (nSPS) is 20.4. The van der Waals surface area contributed by atoms with Gasteiger partial charge in [-0.3, -0.25) is 4.79 Å². The molecule has 9 heteroatoms. The summed E-state index contributed by atoms with van der Waals surface area (Å²) in [6.07, 6.45) is -1.32. The Morgan fingerprint density at radius 1 is 1.52 bits per heavy atom. The average molecular weight is 400 g/mol. The number of nitrogens with zero attached hydrogens (tertiary/aromatic N) is 1. The maximum absolute atomic E-state index is 12.7. The summed E-state index contributed by atoms with van der Waals surface area (Å²) in [6, 6.07) is -0.463. The Bertz CT molecular complexity index is 547. The summed E-state index contributed by atoms with van der Waals surface area (Å²) >= 11 is 0.942. The van der Waals surface area contributed by atoms with Crippen LogP contribution in [0.1, 0.15) is 56.3 Å². The topological polar surface area (TPSA) is 54.0 Å². The molecule has 2 N–H and O–H groups in total. The van der Waals surface area contributed by atoms with Crippen LogP contribution in [0.2, 0.25) is 0 Å². The van der Waals surface area contributed by atoms with Crippen LogP contribution in [0.4, 0.5) is 13.2 Å². The predicted octanol–water partition coefficient (Wildman–Crippen LogP) is 4.18. The van der Waals surface area contributed by atoms with E-state index in [2.05, 4.69) is 22.5 Å². The first kappa shape index (κ1) is 22.2. The minimum atomic E-state index is -4.44. The molecule has 3 unspecified atom stereocenters. The second kappa shape index (κ2) is 9.73. The molecule has 1 aliphatic heterocycles. The number of carbonyl (C=O) groups is 1. The van der Waals surface area contributed by atoms with Gasteiger partial charge in [0.05, 0.1) is 6.04 Å². The summed E-state index contributed by atoms with van der Waals surface area (Å²) < 4.78 is 38.0. The average Bonchev–Trinajstić information content (AvgIpc) is 3.03. The Labute approximate surface area is 156 Å². The third-order valence-corrected chi connectivity index (χ3v) is 5.46. The molecule has 4 nitrogen and oxygen atoms in total. The molecular weight excluding hydrogens is 375 g/mol. The van der Waals surface area contributed by atoms with Crippen molar-refractivity contribution in [3.8, 4) is 0 Å². The van der Waals surface area contributed by atoms with Crippen LogP contribution in [0.15, 0.2) is 5.38 Å². The molecule has 1 fully saturated rings. The first-order valence-electron chi connectivity index (χ1n) is 8.34. The molecule has 25 heavy (non-hydrogen) atoms. The Kier molecular flexibility index (Phi) is 8.63. The lowest BCUT2D eigenvalue weighted by molar-refractivity contribution is -0.140. The molecular formula is C16H25ClF3N3OS. The maximum Gasteiger partial charge on any atom is 0.434 e. The lowest BCUT2D eigenvalue weighted by Gasteiger charge is -2.28. The SMILES string of the molecule is CCC(NC(=O)CC(C)C1CCCNC1)c1nc(C(F)(F)F)cs1.Cl. The molecule has 0 spiro atoms. The highest BCUT2D eigenvalue weighted by molar-refractivity contribution is 7.09. The minimum Gasteiger partial charge on any atom is -0.347 e. The number of carbonyl (C=O) groups excluding carboxylic acids is 1. The quantitative estimate of drug-likeness (QED) is 0.754. The summed E-state index contributed by atoms with van der Waals surface area (Å²) in [6.45, 7) is 5.84. The summed E-state index contributed by atoms with van der Waals surface area (Å²) in [7, 11) is 0. The van der Waals surface area contributed by atoms with Crippen molar-refractivity contribution >= 4 is 29.7 Å².